The fourth-order valence-corrected chi connectivity index (χ4v) is 3.25. The molecule has 96 valence electrons. The molecule has 1 aromatic heterocycles. The van der Waals surface area contributed by atoms with E-state index in [1.807, 2.05) is 12.1 Å². The minimum absolute atomic E-state index is 0.138. The number of benzene rings is 1. The quantitative estimate of drug-likeness (QED) is 0.849. The zero-order chi connectivity index (χ0) is 13.0. The summed E-state index contributed by atoms with van der Waals surface area (Å²) in [7, 11) is 0. The summed E-state index contributed by atoms with van der Waals surface area (Å²) in [5.74, 6) is -0.207. The van der Waals surface area contributed by atoms with Crippen LogP contribution in [-0.4, -0.2) is 6.54 Å². The molecular weight excluding hydrogens is 313 g/mol. The molecule has 0 aliphatic carbocycles. The Kier molecular flexibility index (Phi) is 4.92. The smallest absolute Gasteiger partial charge is 0.137 e. The maximum absolute atomic E-state index is 13.6. The van der Waals surface area contributed by atoms with E-state index in [2.05, 4.69) is 39.6 Å². The molecule has 0 aliphatic heterocycles. The van der Waals surface area contributed by atoms with Gasteiger partial charge in [0.15, 0.2) is 0 Å². The second-order valence-corrected chi connectivity index (χ2v) is 5.86. The predicted octanol–water partition coefficient (Wildman–Crippen LogP) is 4.54. The predicted molar refractivity (Wildman–Crippen MR) is 78.5 cm³/mol. The Bertz CT molecular complexity index is 499. The first-order chi connectivity index (χ1) is 8.72. The van der Waals surface area contributed by atoms with Crippen molar-refractivity contribution >= 4 is 27.3 Å². The van der Waals surface area contributed by atoms with Gasteiger partial charge in [0.25, 0.3) is 0 Å². The topological polar surface area (TPSA) is 12.0 Å². The van der Waals surface area contributed by atoms with E-state index in [-0.39, 0.29) is 11.9 Å². The van der Waals surface area contributed by atoms with Gasteiger partial charge in [-0.2, -0.15) is 0 Å². The van der Waals surface area contributed by atoms with Crippen LogP contribution < -0.4 is 5.32 Å². The summed E-state index contributed by atoms with van der Waals surface area (Å²) in [6.07, 6.45) is 0.882. The normalized spacial score (nSPS) is 12.6. The molecular formula is C14H15BrFNS. The van der Waals surface area contributed by atoms with Crippen LogP contribution in [0.2, 0.25) is 0 Å². The van der Waals surface area contributed by atoms with Gasteiger partial charge in [0.2, 0.25) is 0 Å². The minimum atomic E-state index is -0.207. The number of hydrogen-bond acceptors (Lipinski definition) is 2. The molecule has 0 saturated carbocycles. The molecule has 1 unspecified atom stereocenters. The van der Waals surface area contributed by atoms with Gasteiger partial charge < -0.3 is 5.32 Å². The monoisotopic (exact) mass is 327 g/mol. The maximum Gasteiger partial charge on any atom is 0.137 e. The molecule has 1 nitrogen and oxygen atoms in total. The molecule has 1 N–H and O–H groups in total. The zero-order valence-electron chi connectivity index (χ0n) is 10.1. The molecule has 0 amide bonds. The fraction of sp³-hybridized carbons (Fsp3) is 0.286. The molecule has 0 saturated heterocycles. The number of hydrogen-bond donors (Lipinski definition) is 1. The van der Waals surface area contributed by atoms with Crippen molar-refractivity contribution in [3.05, 3.63) is 56.4 Å². The third kappa shape index (κ3) is 3.19. The lowest BCUT2D eigenvalue weighted by Crippen LogP contribution is -2.23. The SMILES string of the molecule is CCNC(Cc1cccs1)c1cccc(F)c1Br. The van der Waals surface area contributed by atoms with Crippen LogP contribution in [0.4, 0.5) is 4.39 Å². The first kappa shape index (κ1) is 13.7. The summed E-state index contributed by atoms with van der Waals surface area (Å²) in [6, 6.07) is 9.49. The summed E-state index contributed by atoms with van der Waals surface area (Å²) in [6.45, 7) is 2.92. The van der Waals surface area contributed by atoms with Gasteiger partial charge in [-0.25, -0.2) is 4.39 Å². The van der Waals surface area contributed by atoms with Gasteiger partial charge in [-0.1, -0.05) is 25.1 Å². The summed E-state index contributed by atoms with van der Waals surface area (Å²) in [5.41, 5.74) is 0.977. The van der Waals surface area contributed by atoms with E-state index in [1.165, 1.54) is 10.9 Å². The third-order valence-corrected chi connectivity index (χ3v) is 4.53. The Morgan fingerprint density at radius 1 is 1.33 bits per heavy atom. The maximum atomic E-state index is 13.6. The van der Waals surface area contributed by atoms with Crippen molar-refractivity contribution in [1.82, 2.24) is 5.32 Å². The molecule has 1 aromatic carbocycles. The van der Waals surface area contributed by atoms with Crippen LogP contribution in [0, 0.1) is 5.82 Å². The van der Waals surface area contributed by atoms with Gasteiger partial charge in [-0.3, -0.25) is 0 Å². The summed E-state index contributed by atoms with van der Waals surface area (Å²) >= 11 is 5.08. The highest BCUT2D eigenvalue weighted by Gasteiger charge is 2.16. The molecule has 4 heteroatoms. The lowest BCUT2D eigenvalue weighted by molar-refractivity contribution is 0.542. The van der Waals surface area contributed by atoms with Crippen LogP contribution in [0.25, 0.3) is 0 Å². The molecule has 18 heavy (non-hydrogen) atoms. The Hall–Kier alpha value is -0.710. The fourth-order valence-electron chi connectivity index (χ4n) is 1.96. The third-order valence-electron chi connectivity index (χ3n) is 2.79. The van der Waals surface area contributed by atoms with E-state index in [0.717, 1.165) is 18.5 Å². The summed E-state index contributed by atoms with van der Waals surface area (Å²) < 4.78 is 14.1. The zero-order valence-corrected chi connectivity index (χ0v) is 12.5. The van der Waals surface area contributed by atoms with Gasteiger partial charge >= 0.3 is 0 Å². The Morgan fingerprint density at radius 3 is 2.83 bits per heavy atom. The van der Waals surface area contributed by atoms with Crippen LogP contribution in [0.3, 0.4) is 0 Å². The highest BCUT2D eigenvalue weighted by molar-refractivity contribution is 9.10. The second kappa shape index (κ2) is 6.45. The van der Waals surface area contributed by atoms with Crippen molar-refractivity contribution < 1.29 is 4.39 Å². The molecule has 1 heterocycles. The van der Waals surface area contributed by atoms with Crippen LogP contribution in [0.1, 0.15) is 23.4 Å². The lowest BCUT2D eigenvalue weighted by Gasteiger charge is -2.19. The summed E-state index contributed by atoms with van der Waals surface area (Å²) in [4.78, 5) is 1.30. The Labute approximate surface area is 119 Å². The van der Waals surface area contributed by atoms with Crippen molar-refractivity contribution in [2.24, 2.45) is 0 Å². The second-order valence-electron chi connectivity index (χ2n) is 4.04. The number of rotatable bonds is 5. The van der Waals surface area contributed by atoms with Crippen LogP contribution in [-0.2, 0) is 6.42 Å². The van der Waals surface area contributed by atoms with Crippen LogP contribution in [0.5, 0.6) is 0 Å². The van der Waals surface area contributed by atoms with Gasteiger partial charge in [-0.05, 0) is 45.6 Å². The number of nitrogens with one attached hydrogen (secondary N) is 1. The lowest BCUT2D eigenvalue weighted by atomic mass is 10.0. The van der Waals surface area contributed by atoms with Crippen molar-refractivity contribution in [1.29, 1.82) is 0 Å². The van der Waals surface area contributed by atoms with Gasteiger partial charge in [0.05, 0.1) is 4.47 Å². The van der Waals surface area contributed by atoms with E-state index in [9.17, 15) is 4.39 Å². The standard InChI is InChI=1S/C14H15BrFNS/c1-2-17-13(9-10-5-4-8-18-10)11-6-3-7-12(16)14(11)15/h3-8,13,17H,2,9H2,1H3. The largest absolute Gasteiger partial charge is 0.310 e. The molecule has 0 fully saturated rings. The van der Waals surface area contributed by atoms with Crippen molar-refractivity contribution in [3.8, 4) is 0 Å². The van der Waals surface area contributed by atoms with E-state index in [0.29, 0.717) is 4.47 Å². The number of halogens is 2. The van der Waals surface area contributed by atoms with Crippen molar-refractivity contribution in [3.63, 3.8) is 0 Å². The Morgan fingerprint density at radius 2 is 2.17 bits per heavy atom. The molecule has 0 spiro atoms. The van der Waals surface area contributed by atoms with E-state index < -0.39 is 0 Å². The van der Waals surface area contributed by atoms with Crippen LogP contribution in [0.15, 0.2) is 40.2 Å². The first-order valence-electron chi connectivity index (χ1n) is 5.92. The first-order valence-corrected chi connectivity index (χ1v) is 7.59. The molecule has 2 aromatic rings. The highest BCUT2D eigenvalue weighted by Crippen LogP contribution is 2.29. The van der Waals surface area contributed by atoms with Crippen molar-refractivity contribution in [2.75, 3.05) is 6.54 Å². The average molecular weight is 328 g/mol. The van der Waals surface area contributed by atoms with Crippen molar-refractivity contribution in [2.45, 2.75) is 19.4 Å². The summed E-state index contributed by atoms with van der Waals surface area (Å²) in [5, 5.41) is 5.48. The highest BCUT2D eigenvalue weighted by atomic mass is 79.9. The number of thiophene rings is 1. The molecule has 1 atom stereocenters. The molecule has 0 aliphatic rings. The molecule has 0 radical (unpaired) electrons. The molecule has 2 rings (SSSR count). The van der Waals surface area contributed by atoms with Gasteiger partial charge in [0.1, 0.15) is 5.82 Å². The van der Waals surface area contributed by atoms with E-state index in [4.69, 9.17) is 0 Å². The Balaban J connectivity index is 2.26. The van der Waals surface area contributed by atoms with Gasteiger partial charge in [-0.15, -0.1) is 11.3 Å². The average Bonchev–Trinajstić information content (AvgIpc) is 2.85. The number of likely N-dealkylation sites (N-methyl/N-ethyl adjacent to an activating group) is 1. The van der Waals surface area contributed by atoms with Crippen LogP contribution >= 0.6 is 27.3 Å². The van der Waals surface area contributed by atoms with E-state index in [1.54, 1.807) is 17.4 Å². The van der Waals surface area contributed by atoms with Gasteiger partial charge in [0, 0.05) is 17.3 Å². The minimum Gasteiger partial charge on any atom is -0.310 e. The van der Waals surface area contributed by atoms with E-state index >= 15 is 0 Å². The molecule has 0 bridgehead atoms.